The van der Waals surface area contributed by atoms with Crippen molar-refractivity contribution >= 4 is 17.6 Å². The first kappa shape index (κ1) is 13.5. The van der Waals surface area contributed by atoms with E-state index in [0.717, 1.165) is 16.8 Å². The summed E-state index contributed by atoms with van der Waals surface area (Å²) in [5.74, 6) is -0.327. The van der Waals surface area contributed by atoms with E-state index in [4.69, 9.17) is 16.3 Å². The predicted molar refractivity (Wildman–Crippen MR) is 73.2 cm³/mol. The van der Waals surface area contributed by atoms with E-state index in [1.54, 1.807) is 25.3 Å². The van der Waals surface area contributed by atoms with Gasteiger partial charge in [0.15, 0.2) is 0 Å². The normalized spacial score (nSPS) is 10.3. The summed E-state index contributed by atoms with van der Waals surface area (Å²) in [6.45, 7) is 4.05. The van der Waals surface area contributed by atoms with Crippen LogP contribution in [0.4, 0.5) is 0 Å². The van der Waals surface area contributed by atoms with E-state index in [0.29, 0.717) is 12.2 Å². The fourth-order valence-electron chi connectivity index (χ4n) is 1.69. The van der Waals surface area contributed by atoms with Crippen LogP contribution < -0.4 is 0 Å². The van der Waals surface area contributed by atoms with Crippen molar-refractivity contribution in [3.8, 4) is 11.3 Å². The zero-order chi connectivity index (χ0) is 13.8. The fraction of sp³-hybridized carbons (Fsp3) is 0.214. The Kier molecular flexibility index (Phi) is 4.12. The molecule has 0 aliphatic heterocycles. The van der Waals surface area contributed by atoms with E-state index in [1.165, 1.54) is 0 Å². The highest BCUT2D eigenvalue weighted by atomic mass is 35.5. The largest absolute Gasteiger partial charge is 0.462 e. The van der Waals surface area contributed by atoms with Crippen molar-refractivity contribution in [1.82, 2.24) is 9.97 Å². The summed E-state index contributed by atoms with van der Waals surface area (Å²) in [5, 5.41) is 0.204. The van der Waals surface area contributed by atoms with Gasteiger partial charge in [-0.15, -0.1) is 0 Å². The number of hydrogen-bond donors (Lipinski definition) is 0. The first-order valence-corrected chi connectivity index (χ1v) is 6.26. The second kappa shape index (κ2) is 5.80. The van der Waals surface area contributed by atoms with Gasteiger partial charge in [-0.1, -0.05) is 12.1 Å². The van der Waals surface area contributed by atoms with Crippen LogP contribution in [0.15, 0.2) is 30.5 Å². The average molecular weight is 277 g/mol. The lowest BCUT2D eigenvalue weighted by molar-refractivity contribution is 0.0526. The van der Waals surface area contributed by atoms with Crippen molar-refractivity contribution in [2.45, 2.75) is 13.8 Å². The smallest absolute Gasteiger partial charge is 0.338 e. The zero-order valence-corrected chi connectivity index (χ0v) is 11.4. The van der Waals surface area contributed by atoms with Gasteiger partial charge >= 0.3 is 5.97 Å². The molecule has 0 N–H and O–H groups in total. The Bertz CT molecular complexity index is 597. The Morgan fingerprint density at radius 3 is 2.63 bits per heavy atom. The van der Waals surface area contributed by atoms with Crippen molar-refractivity contribution in [2.24, 2.45) is 0 Å². The number of rotatable bonds is 3. The summed E-state index contributed by atoms with van der Waals surface area (Å²) in [4.78, 5) is 19.7. The molecule has 0 saturated carbocycles. The highest BCUT2D eigenvalue weighted by Gasteiger charge is 2.09. The Morgan fingerprint density at radius 2 is 2.00 bits per heavy atom. The summed E-state index contributed by atoms with van der Waals surface area (Å²) >= 11 is 5.79. The van der Waals surface area contributed by atoms with Gasteiger partial charge in [-0.25, -0.2) is 14.8 Å². The summed E-state index contributed by atoms with van der Waals surface area (Å²) in [6.07, 6.45) is 1.67. The molecule has 0 spiro atoms. The molecule has 98 valence electrons. The molecule has 0 saturated heterocycles. The maximum absolute atomic E-state index is 11.5. The molecular weight excluding hydrogens is 264 g/mol. The molecule has 0 aliphatic carbocycles. The van der Waals surface area contributed by atoms with Crippen molar-refractivity contribution in [3.05, 3.63) is 46.9 Å². The maximum Gasteiger partial charge on any atom is 0.338 e. The van der Waals surface area contributed by atoms with Crippen LogP contribution in [0.5, 0.6) is 0 Å². The molecule has 0 bridgehead atoms. The number of halogens is 1. The highest BCUT2D eigenvalue weighted by molar-refractivity contribution is 6.28. The number of aromatic nitrogens is 2. The van der Waals surface area contributed by atoms with Crippen LogP contribution in [-0.4, -0.2) is 22.5 Å². The topological polar surface area (TPSA) is 52.1 Å². The third kappa shape index (κ3) is 3.09. The standard InChI is InChI=1S/C14H13ClN2O2/c1-3-19-13(18)11-6-4-10(5-7-11)12-9(2)8-16-14(15)17-12/h4-8H,3H2,1-2H3. The van der Waals surface area contributed by atoms with Gasteiger partial charge in [-0.05, 0) is 43.1 Å². The number of esters is 1. The molecule has 4 nitrogen and oxygen atoms in total. The van der Waals surface area contributed by atoms with Crippen LogP contribution in [0.25, 0.3) is 11.3 Å². The van der Waals surface area contributed by atoms with E-state index >= 15 is 0 Å². The third-order valence-electron chi connectivity index (χ3n) is 2.61. The van der Waals surface area contributed by atoms with Crippen molar-refractivity contribution < 1.29 is 9.53 Å². The summed E-state index contributed by atoms with van der Waals surface area (Å²) in [7, 11) is 0. The maximum atomic E-state index is 11.5. The number of ether oxygens (including phenoxy) is 1. The van der Waals surface area contributed by atoms with Gasteiger partial charge in [0.05, 0.1) is 17.9 Å². The highest BCUT2D eigenvalue weighted by Crippen LogP contribution is 2.22. The average Bonchev–Trinajstić information content (AvgIpc) is 2.42. The second-order valence-corrected chi connectivity index (χ2v) is 4.31. The SMILES string of the molecule is CCOC(=O)c1ccc(-c2nc(Cl)ncc2C)cc1. The van der Waals surface area contributed by atoms with E-state index in [2.05, 4.69) is 9.97 Å². The number of aryl methyl sites for hydroxylation is 1. The molecule has 19 heavy (non-hydrogen) atoms. The molecule has 5 heteroatoms. The van der Waals surface area contributed by atoms with Gasteiger partial charge in [0.25, 0.3) is 0 Å². The molecule has 0 atom stereocenters. The Labute approximate surface area is 116 Å². The van der Waals surface area contributed by atoms with Gasteiger partial charge < -0.3 is 4.74 Å². The summed E-state index contributed by atoms with van der Waals surface area (Å²) in [5.41, 5.74) is 3.09. The minimum absolute atomic E-state index is 0.204. The van der Waals surface area contributed by atoms with E-state index in [9.17, 15) is 4.79 Å². The molecule has 0 fully saturated rings. The van der Waals surface area contributed by atoms with Crippen molar-refractivity contribution in [3.63, 3.8) is 0 Å². The minimum atomic E-state index is -0.327. The summed E-state index contributed by atoms with van der Waals surface area (Å²) < 4.78 is 4.93. The van der Waals surface area contributed by atoms with Gasteiger partial charge in [0, 0.05) is 11.8 Å². The lowest BCUT2D eigenvalue weighted by Gasteiger charge is -2.06. The van der Waals surface area contributed by atoms with Gasteiger partial charge in [0.2, 0.25) is 5.28 Å². The van der Waals surface area contributed by atoms with Crippen LogP contribution in [0.2, 0.25) is 5.28 Å². The van der Waals surface area contributed by atoms with E-state index in [1.807, 2.05) is 19.1 Å². The third-order valence-corrected chi connectivity index (χ3v) is 2.79. The molecule has 1 aromatic carbocycles. The fourth-order valence-corrected chi connectivity index (χ4v) is 1.82. The minimum Gasteiger partial charge on any atom is -0.462 e. The Balaban J connectivity index is 2.32. The van der Waals surface area contributed by atoms with Gasteiger partial charge in [-0.3, -0.25) is 0 Å². The molecule has 0 unspecified atom stereocenters. The molecule has 0 amide bonds. The molecule has 2 aromatic rings. The predicted octanol–water partition coefficient (Wildman–Crippen LogP) is 3.28. The van der Waals surface area contributed by atoms with E-state index in [-0.39, 0.29) is 11.3 Å². The quantitative estimate of drug-likeness (QED) is 0.638. The lowest BCUT2D eigenvalue weighted by Crippen LogP contribution is -2.04. The molecule has 1 aromatic heterocycles. The molecule has 1 heterocycles. The molecule has 0 aliphatic rings. The number of carbonyl (C=O) groups is 1. The van der Waals surface area contributed by atoms with Crippen molar-refractivity contribution in [1.29, 1.82) is 0 Å². The second-order valence-electron chi connectivity index (χ2n) is 3.97. The van der Waals surface area contributed by atoms with Crippen LogP contribution in [0.3, 0.4) is 0 Å². The first-order chi connectivity index (χ1) is 9.11. The molecule has 0 radical (unpaired) electrons. The Morgan fingerprint density at radius 1 is 1.32 bits per heavy atom. The number of nitrogens with zero attached hydrogens (tertiary/aromatic N) is 2. The van der Waals surface area contributed by atoms with Crippen LogP contribution in [-0.2, 0) is 4.74 Å². The van der Waals surface area contributed by atoms with E-state index < -0.39 is 0 Å². The molecular formula is C14H13ClN2O2. The van der Waals surface area contributed by atoms with Crippen LogP contribution in [0.1, 0.15) is 22.8 Å². The molecule has 2 rings (SSSR count). The van der Waals surface area contributed by atoms with Crippen molar-refractivity contribution in [2.75, 3.05) is 6.61 Å². The van der Waals surface area contributed by atoms with Gasteiger partial charge in [0.1, 0.15) is 0 Å². The lowest BCUT2D eigenvalue weighted by atomic mass is 10.1. The zero-order valence-electron chi connectivity index (χ0n) is 10.7. The number of carbonyl (C=O) groups excluding carboxylic acids is 1. The first-order valence-electron chi connectivity index (χ1n) is 5.88. The number of benzene rings is 1. The van der Waals surface area contributed by atoms with Crippen LogP contribution >= 0.6 is 11.6 Å². The van der Waals surface area contributed by atoms with Crippen LogP contribution in [0, 0.1) is 6.92 Å². The van der Waals surface area contributed by atoms with Gasteiger partial charge in [-0.2, -0.15) is 0 Å². The monoisotopic (exact) mass is 276 g/mol. The summed E-state index contributed by atoms with van der Waals surface area (Å²) in [6, 6.07) is 7.06. The number of hydrogen-bond acceptors (Lipinski definition) is 4. The Hall–Kier alpha value is -1.94.